The zero-order valence-electron chi connectivity index (χ0n) is 19.6. The van der Waals surface area contributed by atoms with Gasteiger partial charge < -0.3 is 5.32 Å². The summed E-state index contributed by atoms with van der Waals surface area (Å²) in [5.74, 6) is 0.633. The van der Waals surface area contributed by atoms with Gasteiger partial charge in [0.05, 0.1) is 16.7 Å². The highest BCUT2D eigenvalue weighted by Crippen LogP contribution is 2.33. The molecular weight excluding hydrogens is 414 g/mol. The van der Waals surface area contributed by atoms with Crippen molar-refractivity contribution in [3.63, 3.8) is 0 Å². The predicted octanol–water partition coefficient (Wildman–Crippen LogP) is 6.67. The lowest BCUT2D eigenvalue weighted by atomic mass is 9.88. The molecule has 0 aliphatic carbocycles. The highest BCUT2D eigenvalue weighted by molar-refractivity contribution is 7.09. The van der Waals surface area contributed by atoms with E-state index in [0.29, 0.717) is 12.0 Å². The van der Waals surface area contributed by atoms with E-state index in [2.05, 4.69) is 52.6 Å². The van der Waals surface area contributed by atoms with Crippen LogP contribution in [0.3, 0.4) is 0 Å². The van der Waals surface area contributed by atoms with Gasteiger partial charge in [-0.1, -0.05) is 62.4 Å². The first-order chi connectivity index (χ1) is 15.4. The van der Waals surface area contributed by atoms with Crippen LogP contribution >= 0.6 is 11.3 Å². The first-order valence-corrected chi connectivity index (χ1v) is 12.4. The van der Waals surface area contributed by atoms with Crippen LogP contribution in [0.1, 0.15) is 61.8 Å². The molecule has 3 aromatic rings. The van der Waals surface area contributed by atoms with Gasteiger partial charge in [-0.3, -0.25) is 9.69 Å². The van der Waals surface area contributed by atoms with Crippen molar-refractivity contribution in [3.8, 4) is 0 Å². The molecule has 1 fully saturated rings. The average Bonchev–Trinajstić information content (AvgIpc) is 3.26. The lowest BCUT2D eigenvalue weighted by Crippen LogP contribution is -2.35. The van der Waals surface area contributed by atoms with Crippen molar-refractivity contribution in [3.05, 3.63) is 82.3 Å². The number of rotatable bonds is 5. The molecule has 4 rings (SSSR count). The third-order valence-corrected chi connectivity index (χ3v) is 6.75. The molecule has 0 saturated carbocycles. The second kappa shape index (κ2) is 11.9. The summed E-state index contributed by atoms with van der Waals surface area (Å²) < 4.78 is 0. The molecule has 1 unspecified atom stereocenters. The molecule has 4 nitrogen and oxygen atoms in total. The smallest absolute Gasteiger partial charge is 0.226 e. The minimum Gasteiger partial charge on any atom is -0.326 e. The molecule has 32 heavy (non-hydrogen) atoms. The highest BCUT2D eigenvalue weighted by Gasteiger charge is 2.25. The topological polar surface area (TPSA) is 45.2 Å². The Morgan fingerprint density at radius 2 is 1.66 bits per heavy atom. The molecule has 1 aliphatic heterocycles. The predicted molar refractivity (Wildman–Crippen MR) is 135 cm³/mol. The Bertz CT molecular complexity index is 935. The van der Waals surface area contributed by atoms with E-state index in [0.717, 1.165) is 36.6 Å². The molecule has 1 atom stereocenters. The molecule has 170 valence electrons. The minimum absolute atomic E-state index is 0.00210. The van der Waals surface area contributed by atoms with Crippen molar-refractivity contribution in [2.75, 3.05) is 18.4 Å². The maximum absolute atomic E-state index is 11.9. The van der Waals surface area contributed by atoms with E-state index in [9.17, 15) is 4.79 Å². The quantitative estimate of drug-likeness (QED) is 0.473. The molecule has 2 heterocycles. The van der Waals surface area contributed by atoms with Gasteiger partial charge in [-0.2, -0.15) is 0 Å². The number of anilines is 1. The largest absolute Gasteiger partial charge is 0.326 e. The fraction of sp³-hybridized carbons (Fsp3) is 0.407. The second-order valence-electron chi connectivity index (χ2n) is 8.70. The zero-order valence-corrected chi connectivity index (χ0v) is 20.4. The molecule has 1 saturated heterocycles. The summed E-state index contributed by atoms with van der Waals surface area (Å²) in [4.78, 5) is 19.1. The molecular formula is C27H35N3OS. The van der Waals surface area contributed by atoms with E-state index >= 15 is 0 Å². The van der Waals surface area contributed by atoms with Crippen molar-refractivity contribution in [1.29, 1.82) is 0 Å². The van der Waals surface area contributed by atoms with E-state index in [1.807, 2.05) is 56.3 Å². The highest BCUT2D eigenvalue weighted by atomic mass is 32.1. The van der Waals surface area contributed by atoms with Crippen LogP contribution in [-0.2, 0) is 4.79 Å². The molecule has 2 aromatic carbocycles. The van der Waals surface area contributed by atoms with Crippen molar-refractivity contribution in [2.45, 2.75) is 52.5 Å². The van der Waals surface area contributed by atoms with E-state index in [-0.39, 0.29) is 11.8 Å². The average molecular weight is 450 g/mol. The SMILES string of the molecule is Cc1nc(C(C)N2CCC(c3cccc(NC(=O)C(C)C)c3)CC2)cs1.c1ccccc1. The van der Waals surface area contributed by atoms with Crippen molar-refractivity contribution in [2.24, 2.45) is 5.92 Å². The van der Waals surface area contributed by atoms with Crippen LogP contribution in [0.4, 0.5) is 5.69 Å². The Morgan fingerprint density at radius 1 is 1.03 bits per heavy atom. The van der Waals surface area contributed by atoms with Crippen LogP contribution in [0, 0.1) is 12.8 Å². The number of likely N-dealkylation sites (tertiary alicyclic amines) is 1. The van der Waals surface area contributed by atoms with Crippen molar-refractivity contribution >= 4 is 22.9 Å². The summed E-state index contributed by atoms with van der Waals surface area (Å²) in [7, 11) is 0. The van der Waals surface area contributed by atoms with Crippen LogP contribution in [0.15, 0.2) is 66.0 Å². The van der Waals surface area contributed by atoms with Crippen molar-refractivity contribution in [1.82, 2.24) is 9.88 Å². The lowest BCUT2D eigenvalue weighted by Gasteiger charge is -2.35. The van der Waals surface area contributed by atoms with Crippen molar-refractivity contribution < 1.29 is 4.79 Å². The maximum atomic E-state index is 11.9. The van der Waals surface area contributed by atoms with Gasteiger partial charge in [0.1, 0.15) is 0 Å². The summed E-state index contributed by atoms with van der Waals surface area (Å²) >= 11 is 1.73. The summed E-state index contributed by atoms with van der Waals surface area (Å²) in [6, 6.07) is 20.8. The van der Waals surface area contributed by atoms with Crippen LogP contribution in [-0.4, -0.2) is 28.9 Å². The van der Waals surface area contributed by atoms with Gasteiger partial charge in [-0.05, 0) is 63.4 Å². The standard InChI is InChI=1S/C21H29N3OS.C6H6/c1-14(2)21(25)23-19-7-5-6-18(12-19)17-8-10-24(11-9-17)15(3)20-13-26-16(4)22-20;1-2-4-6-5-3-1/h5-7,12-15,17H,8-11H2,1-4H3,(H,23,25);1-6H. The fourth-order valence-corrected chi connectivity index (χ4v) is 4.62. The number of hydrogen-bond donors (Lipinski definition) is 1. The van der Waals surface area contributed by atoms with Crippen LogP contribution in [0.5, 0.6) is 0 Å². The Hall–Kier alpha value is -2.50. The minimum atomic E-state index is -0.00210. The zero-order chi connectivity index (χ0) is 22.9. The maximum Gasteiger partial charge on any atom is 0.226 e. The first-order valence-electron chi connectivity index (χ1n) is 11.5. The number of aryl methyl sites for hydroxylation is 1. The second-order valence-corrected chi connectivity index (χ2v) is 9.76. The molecule has 1 N–H and O–H groups in total. The van der Waals surface area contributed by atoms with Gasteiger partial charge in [-0.15, -0.1) is 11.3 Å². The van der Waals surface area contributed by atoms with E-state index < -0.39 is 0 Å². The van der Waals surface area contributed by atoms with E-state index in [4.69, 9.17) is 0 Å². The Labute approximate surface area is 196 Å². The molecule has 1 aliphatic rings. The van der Waals surface area contributed by atoms with E-state index in [1.165, 1.54) is 11.3 Å². The van der Waals surface area contributed by atoms with Crippen LogP contribution in [0.2, 0.25) is 0 Å². The molecule has 0 spiro atoms. The van der Waals surface area contributed by atoms with E-state index in [1.54, 1.807) is 11.3 Å². The third kappa shape index (κ3) is 7.01. The first kappa shape index (κ1) is 24.1. The number of benzene rings is 2. The number of nitrogens with zero attached hydrogens (tertiary/aromatic N) is 2. The summed E-state index contributed by atoms with van der Waals surface area (Å²) in [5.41, 5.74) is 3.45. The van der Waals surface area contributed by atoms with Crippen LogP contribution < -0.4 is 5.32 Å². The number of piperidine rings is 1. The third-order valence-electron chi connectivity index (χ3n) is 5.96. The van der Waals surface area contributed by atoms with Gasteiger partial charge in [-0.25, -0.2) is 4.98 Å². The van der Waals surface area contributed by atoms with Gasteiger partial charge in [0.2, 0.25) is 5.91 Å². The Morgan fingerprint density at radius 3 is 2.19 bits per heavy atom. The molecule has 0 radical (unpaired) electrons. The number of aromatic nitrogens is 1. The summed E-state index contributed by atoms with van der Waals surface area (Å²) in [6.45, 7) is 10.3. The molecule has 0 bridgehead atoms. The number of thiazole rings is 1. The molecule has 1 amide bonds. The number of nitrogens with one attached hydrogen (secondary N) is 1. The van der Waals surface area contributed by atoms with Gasteiger partial charge in [0.15, 0.2) is 0 Å². The van der Waals surface area contributed by atoms with Gasteiger partial charge in [0, 0.05) is 17.0 Å². The number of hydrogen-bond acceptors (Lipinski definition) is 4. The van der Waals surface area contributed by atoms with Gasteiger partial charge >= 0.3 is 0 Å². The number of amides is 1. The number of carbonyl (C=O) groups is 1. The summed E-state index contributed by atoms with van der Waals surface area (Å²) in [6.07, 6.45) is 2.30. The Balaban J connectivity index is 0.000000416. The summed E-state index contributed by atoms with van der Waals surface area (Å²) in [5, 5.41) is 6.34. The monoisotopic (exact) mass is 449 g/mol. The van der Waals surface area contributed by atoms with Crippen LogP contribution in [0.25, 0.3) is 0 Å². The molecule has 1 aromatic heterocycles. The van der Waals surface area contributed by atoms with Gasteiger partial charge in [0.25, 0.3) is 0 Å². The normalized spacial score (nSPS) is 15.7. The fourth-order valence-electron chi connectivity index (χ4n) is 3.92. The molecule has 5 heteroatoms. The number of carbonyl (C=O) groups excluding carboxylic acids is 1. The Kier molecular flexibility index (Phi) is 9.00. The lowest BCUT2D eigenvalue weighted by molar-refractivity contribution is -0.118.